The molecule has 0 radical (unpaired) electrons. The van der Waals surface area contributed by atoms with E-state index >= 15 is 0 Å². The van der Waals surface area contributed by atoms with Gasteiger partial charge in [-0.1, -0.05) is 0 Å². The lowest BCUT2D eigenvalue weighted by atomic mass is 10.2. The number of rotatable bonds is 3. The SMILES string of the molecule is Cc1cc(Oc2nc(Cl)ncc2F)ccc1[N+](=O)[O-]. The van der Waals surface area contributed by atoms with Crippen LogP contribution in [0.15, 0.2) is 24.4 Å². The summed E-state index contributed by atoms with van der Waals surface area (Å²) in [6.07, 6.45) is 0.878. The first kappa shape index (κ1) is 13.2. The molecule has 98 valence electrons. The van der Waals surface area contributed by atoms with E-state index in [0.717, 1.165) is 6.20 Å². The van der Waals surface area contributed by atoms with Crippen molar-refractivity contribution in [2.75, 3.05) is 0 Å². The van der Waals surface area contributed by atoms with E-state index < -0.39 is 10.7 Å². The molecule has 0 aliphatic heterocycles. The molecule has 2 aromatic rings. The minimum atomic E-state index is -0.777. The van der Waals surface area contributed by atoms with Crippen LogP contribution in [0.2, 0.25) is 5.28 Å². The number of halogens is 2. The van der Waals surface area contributed by atoms with E-state index in [9.17, 15) is 14.5 Å². The van der Waals surface area contributed by atoms with Crippen molar-refractivity contribution in [1.82, 2.24) is 9.97 Å². The minimum absolute atomic E-state index is 0.0476. The summed E-state index contributed by atoms with van der Waals surface area (Å²) in [5.41, 5.74) is 0.344. The highest BCUT2D eigenvalue weighted by Gasteiger charge is 2.13. The Hall–Kier alpha value is -2.28. The molecule has 0 atom stereocenters. The molecule has 8 heteroatoms. The van der Waals surface area contributed by atoms with Crippen molar-refractivity contribution < 1.29 is 14.1 Å². The Labute approximate surface area is 112 Å². The number of aromatic nitrogens is 2. The zero-order valence-electron chi connectivity index (χ0n) is 9.63. The van der Waals surface area contributed by atoms with Crippen LogP contribution in [0.25, 0.3) is 0 Å². The number of nitro groups is 1. The lowest BCUT2D eigenvalue weighted by Crippen LogP contribution is -1.96. The van der Waals surface area contributed by atoms with Crippen LogP contribution in [0.4, 0.5) is 10.1 Å². The third-order valence-electron chi connectivity index (χ3n) is 2.26. The standard InChI is InChI=1S/C11H7ClFN3O3/c1-6-4-7(2-3-9(6)16(17)18)19-10-8(13)5-14-11(12)15-10/h2-5H,1H3. The maximum atomic E-state index is 13.3. The highest BCUT2D eigenvalue weighted by molar-refractivity contribution is 6.28. The average molecular weight is 284 g/mol. The molecular formula is C11H7ClFN3O3. The molecule has 1 heterocycles. The number of hydrogen-bond acceptors (Lipinski definition) is 5. The number of nitrogens with zero attached hydrogens (tertiary/aromatic N) is 3. The second-order valence-electron chi connectivity index (χ2n) is 3.60. The molecular weight excluding hydrogens is 277 g/mol. The van der Waals surface area contributed by atoms with Gasteiger partial charge >= 0.3 is 0 Å². The van der Waals surface area contributed by atoms with Gasteiger partial charge in [0.15, 0.2) is 0 Å². The maximum absolute atomic E-state index is 13.3. The van der Waals surface area contributed by atoms with Gasteiger partial charge in [0.05, 0.1) is 11.1 Å². The molecule has 0 bridgehead atoms. The first-order chi connectivity index (χ1) is 8.97. The maximum Gasteiger partial charge on any atom is 0.272 e. The first-order valence-electron chi connectivity index (χ1n) is 5.08. The lowest BCUT2D eigenvalue weighted by Gasteiger charge is -2.06. The number of nitro benzene ring substituents is 1. The van der Waals surface area contributed by atoms with Gasteiger partial charge in [-0.25, -0.2) is 4.98 Å². The van der Waals surface area contributed by atoms with Crippen LogP contribution in [0, 0.1) is 22.9 Å². The third kappa shape index (κ3) is 2.94. The average Bonchev–Trinajstić information content (AvgIpc) is 2.33. The van der Waals surface area contributed by atoms with Crippen LogP contribution >= 0.6 is 11.6 Å². The van der Waals surface area contributed by atoms with Gasteiger partial charge in [-0.05, 0) is 30.7 Å². The van der Waals surface area contributed by atoms with Crippen LogP contribution in [0.1, 0.15) is 5.56 Å². The van der Waals surface area contributed by atoms with Crippen LogP contribution in [-0.2, 0) is 0 Å². The fraction of sp³-hybridized carbons (Fsp3) is 0.0909. The molecule has 0 amide bonds. The predicted molar refractivity (Wildman–Crippen MR) is 64.9 cm³/mol. The van der Waals surface area contributed by atoms with E-state index in [0.29, 0.717) is 5.56 Å². The van der Waals surface area contributed by atoms with Gasteiger partial charge in [-0.2, -0.15) is 9.37 Å². The Bertz CT molecular complexity index is 651. The first-order valence-corrected chi connectivity index (χ1v) is 5.46. The Morgan fingerprint density at radius 2 is 2.21 bits per heavy atom. The molecule has 0 saturated heterocycles. The van der Waals surface area contributed by atoms with Crippen molar-refractivity contribution in [1.29, 1.82) is 0 Å². The number of hydrogen-bond donors (Lipinski definition) is 0. The van der Waals surface area contributed by atoms with Gasteiger partial charge in [0.2, 0.25) is 11.1 Å². The summed E-state index contributed by atoms with van der Waals surface area (Å²) in [7, 11) is 0. The summed E-state index contributed by atoms with van der Waals surface area (Å²) < 4.78 is 18.5. The van der Waals surface area contributed by atoms with Crippen molar-refractivity contribution in [3.05, 3.63) is 51.2 Å². The fourth-order valence-electron chi connectivity index (χ4n) is 1.41. The summed E-state index contributed by atoms with van der Waals surface area (Å²) in [5, 5.41) is 10.5. The molecule has 19 heavy (non-hydrogen) atoms. The summed E-state index contributed by atoms with van der Waals surface area (Å²) in [6.45, 7) is 1.55. The fourth-order valence-corrected chi connectivity index (χ4v) is 1.54. The summed E-state index contributed by atoms with van der Waals surface area (Å²) in [5.74, 6) is -0.898. The van der Waals surface area contributed by atoms with Crippen LogP contribution in [-0.4, -0.2) is 14.9 Å². The summed E-state index contributed by atoms with van der Waals surface area (Å²) in [4.78, 5) is 17.2. The number of ether oxygens (including phenoxy) is 1. The highest BCUT2D eigenvalue weighted by atomic mass is 35.5. The van der Waals surface area contributed by atoms with Crippen molar-refractivity contribution in [2.24, 2.45) is 0 Å². The summed E-state index contributed by atoms with van der Waals surface area (Å²) in [6, 6.07) is 4.03. The molecule has 0 unspecified atom stereocenters. The zero-order chi connectivity index (χ0) is 14.0. The normalized spacial score (nSPS) is 10.3. The molecule has 0 N–H and O–H groups in total. The molecule has 0 fully saturated rings. The van der Waals surface area contributed by atoms with Gasteiger partial charge in [0.25, 0.3) is 11.6 Å². The van der Waals surface area contributed by atoms with Crippen LogP contribution in [0.3, 0.4) is 0 Å². The zero-order valence-corrected chi connectivity index (χ0v) is 10.4. The van der Waals surface area contributed by atoms with Gasteiger partial charge in [0, 0.05) is 11.6 Å². The second-order valence-corrected chi connectivity index (χ2v) is 3.94. The molecule has 0 aliphatic rings. The van der Waals surface area contributed by atoms with Gasteiger partial charge in [-0.3, -0.25) is 10.1 Å². The summed E-state index contributed by atoms with van der Waals surface area (Å²) >= 11 is 5.52. The van der Waals surface area contributed by atoms with Gasteiger partial charge in [0.1, 0.15) is 5.75 Å². The van der Waals surface area contributed by atoms with Crippen molar-refractivity contribution in [3.8, 4) is 11.6 Å². The molecule has 2 rings (SSSR count). The van der Waals surface area contributed by atoms with Crippen molar-refractivity contribution in [3.63, 3.8) is 0 Å². The Morgan fingerprint density at radius 3 is 2.84 bits per heavy atom. The van der Waals surface area contributed by atoms with E-state index in [4.69, 9.17) is 16.3 Å². The minimum Gasteiger partial charge on any atom is -0.436 e. The van der Waals surface area contributed by atoms with Crippen molar-refractivity contribution >= 4 is 17.3 Å². The number of benzene rings is 1. The molecule has 1 aromatic carbocycles. The largest absolute Gasteiger partial charge is 0.436 e. The van der Waals surface area contributed by atoms with E-state index in [1.54, 1.807) is 6.92 Å². The monoisotopic (exact) mass is 283 g/mol. The van der Waals surface area contributed by atoms with Crippen molar-refractivity contribution in [2.45, 2.75) is 6.92 Å². The highest BCUT2D eigenvalue weighted by Crippen LogP contribution is 2.27. The quantitative estimate of drug-likeness (QED) is 0.491. The molecule has 6 nitrogen and oxygen atoms in total. The smallest absolute Gasteiger partial charge is 0.272 e. The van der Waals surface area contributed by atoms with Gasteiger partial charge < -0.3 is 4.74 Å². The van der Waals surface area contributed by atoms with Crippen LogP contribution < -0.4 is 4.74 Å². The topological polar surface area (TPSA) is 78.2 Å². The molecule has 0 spiro atoms. The Balaban J connectivity index is 2.31. The predicted octanol–water partition coefficient (Wildman–Crippen LogP) is 3.28. The number of aryl methyl sites for hydroxylation is 1. The second kappa shape index (κ2) is 5.15. The van der Waals surface area contributed by atoms with E-state index in [1.165, 1.54) is 18.2 Å². The van der Waals surface area contributed by atoms with E-state index in [1.807, 2.05) is 0 Å². The molecule has 0 saturated carbocycles. The molecule has 1 aromatic heterocycles. The Morgan fingerprint density at radius 1 is 1.47 bits per heavy atom. The third-order valence-corrected chi connectivity index (χ3v) is 2.44. The van der Waals surface area contributed by atoms with E-state index in [2.05, 4.69) is 9.97 Å². The van der Waals surface area contributed by atoms with E-state index in [-0.39, 0.29) is 22.6 Å². The van der Waals surface area contributed by atoms with Gasteiger partial charge in [-0.15, -0.1) is 0 Å². The Kier molecular flexibility index (Phi) is 3.57. The molecule has 0 aliphatic carbocycles. The van der Waals surface area contributed by atoms with Crippen LogP contribution in [0.5, 0.6) is 11.6 Å². The lowest BCUT2D eigenvalue weighted by molar-refractivity contribution is -0.385.